The normalized spacial score (nSPS) is 15.5. The number of carbonyl (C=O) groups excluding carboxylic acids is 2. The van der Waals surface area contributed by atoms with Crippen LogP contribution in [0.15, 0.2) is 53.4 Å². The molecule has 8 heteroatoms. The number of unbranched alkanes of at least 4 members (excludes halogenated alkanes) is 2. The molecule has 6 nitrogen and oxygen atoms in total. The average molecular weight is 500 g/mol. The average Bonchev–Trinajstić information content (AvgIpc) is 3.11. The van der Waals surface area contributed by atoms with E-state index in [1.54, 1.807) is 30.3 Å². The highest BCUT2D eigenvalue weighted by atomic mass is 32.2. The van der Waals surface area contributed by atoms with Crippen LogP contribution in [-0.2, 0) is 14.3 Å². The van der Waals surface area contributed by atoms with E-state index in [1.165, 1.54) is 12.0 Å². The van der Waals surface area contributed by atoms with E-state index in [2.05, 4.69) is 6.92 Å². The smallest absolute Gasteiger partial charge is 0.333 e. The van der Waals surface area contributed by atoms with Gasteiger partial charge in [0.1, 0.15) is 4.32 Å². The van der Waals surface area contributed by atoms with Gasteiger partial charge in [-0.15, -0.1) is 0 Å². The first-order valence-electron chi connectivity index (χ1n) is 11.3. The molecule has 1 aliphatic rings. The molecule has 0 radical (unpaired) electrons. The van der Waals surface area contributed by atoms with Crippen molar-refractivity contribution in [3.05, 3.63) is 64.6 Å². The molecule has 1 saturated heterocycles. The Bertz CT molecular complexity index is 1050. The predicted molar refractivity (Wildman–Crippen MR) is 139 cm³/mol. The van der Waals surface area contributed by atoms with Gasteiger partial charge < -0.3 is 14.2 Å². The summed E-state index contributed by atoms with van der Waals surface area (Å²) in [7, 11) is 1.30. The van der Waals surface area contributed by atoms with Crippen molar-refractivity contribution in [1.82, 2.24) is 4.90 Å². The number of thiocarbonyl (C=S) groups is 1. The third-order valence-electron chi connectivity index (χ3n) is 5.19. The topological polar surface area (TPSA) is 65.1 Å². The van der Waals surface area contributed by atoms with E-state index >= 15 is 0 Å². The lowest BCUT2D eigenvalue weighted by Gasteiger charge is -2.24. The van der Waals surface area contributed by atoms with Gasteiger partial charge in [-0.1, -0.05) is 80.1 Å². The van der Waals surface area contributed by atoms with Crippen molar-refractivity contribution in [2.75, 3.05) is 20.3 Å². The summed E-state index contributed by atoms with van der Waals surface area (Å²) >= 11 is 6.65. The summed E-state index contributed by atoms with van der Waals surface area (Å²) in [6.07, 6.45) is 4.97. The first kappa shape index (κ1) is 25.8. The van der Waals surface area contributed by atoms with E-state index in [0.717, 1.165) is 36.6 Å². The molecule has 34 heavy (non-hydrogen) atoms. The number of carbonyl (C=O) groups is 2. The second kappa shape index (κ2) is 12.6. The molecular weight excluding hydrogens is 470 g/mol. The fourth-order valence-electron chi connectivity index (χ4n) is 3.53. The van der Waals surface area contributed by atoms with Gasteiger partial charge in [-0.3, -0.25) is 9.69 Å². The zero-order chi connectivity index (χ0) is 24.5. The lowest BCUT2D eigenvalue weighted by atomic mass is 10.1. The highest BCUT2D eigenvalue weighted by Crippen LogP contribution is 2.39. The number of nitrogens with zero attached hydrogens (tertiary/aromatic N) is 1. The molecule has 1 fully saturated rings. The molecule has 1 amide bonds. The van der Waals surface area contributed by atoms with Gasteiger partial charge >= 0.3 is 5.97 Å². The maximum Gasteiger partial charge on any atom is 0.333 e. The van der Waals surface area contributed by atoms with Crippen LogP contribution >= 0.6 is 24.0 Å². The molecular formula is C26H29NO5S2. The van der Waals surface area contributed by atoms with Crippen molar-refractivity contribution in [2.45, 2.75) is 39.2 Å². The Labute approximate surface area is 210 Å². The third-order valence-corrected chi connectivity index (χ3v) is 6.52. The minimum absolute atomic E-state index is 0.302. The number of thioether (sulfide) groups is 1. The Morgan fingerprint density at radius 1 is 1.09 bits per heavy atom. The zero-order valence-corrected chi connectivity index (χ0v) is 21.2. The summed E-state index contributed by atoms with van der Waals surface area (Å²) < 4.78 is 16.9. The van der Waals surface area contributed by atoms with Gasteiger partial charge in [0.05, 0.1) is 25.2 Å². The maximum atomic E-state index is 13.3. The van der Waals surface area contributed by atoms with Crippen LogP contribution in [0.2, 0.25) is 0 Å². The largest absolute Gasteiger partial charge is 0.490 e. The molecule has 0 aromatic heterocycles. The van der Waals surface area contributed by atoms with Crippen LogP contribution in [0.4, 0.5) is 0 Å². The highest BCUT2D eigenvalue weighted by Gasteiger charge is 2.41. The minimum atomic E-state index is -0.942. The van der Waals surface area contributed by atoms with E-state index < -0.39 is 12.0 Å². The highest BCUT2D eigenvalue weighted by molar-refractivity contribution is 8.26. The quantitative estimate of drug-likeness (QED) is 0.168. The van der Waals surface area contributed by atoms with Gasteiger partial charge in [-0.2, -0.15) is 0 Å². The Hall–Kier alpha value is -2.84. The zero-order valence-electron chi connectivity index (χ0n) is 19.6. The van der Waals surface area contributed by atoms with Crippen molar-refractivity contribution in [2.24, 2.45) is 0 Å². The minimum Gasteiger partial charge on any atom is -0.490 e. The molecule has 0 saturated carbocycles. The number of ether oxygens (including phenoxy) is 3. The summed E-state index contributed by atoms with van der Waals surface area (Å²) in [6, 6.07) is 13.6. The molecule has 0 N–H and O–H groups in total. The molecule has 180 valence electrons. The number of hydrogen-bond acceptors (Lipinski definition) is 7. The van der Waals surface area contributed by atoms with Gasteiger partial charge in [-0.25, -0.2) is 4.79 Å². The molecule has 0 spiro atoms. The van der Waals surface area contributed by atoms with E-state index in [4.69, 9.17) is 26.4 Å². The Morgan fingerprint density at radius 2 is 1.85 bits per heavy atom. The molecule has 1 aliphatic heterocycles. The number of amides is 1. The summed E-state index contributed by atoms with van der Waals surface area (Å²) in [5.41, 5.74) is 1.41. The van der Waals surface area contributed by atoms with Crippen LogP contribution in [0.5, 0.6) is 11.5 Å². The fraction of sp³-hybridized carbons (Fsp3) is 0.346. The predicted octanol–water partition coefficient (Wildman–Crippen LogP) is 5.77. The van der Waals surface area contributed by atoms with Gasteiger partial charge in [0.2, 0.25) is 0 Å². The molecule has 0 bridgehead atoms. The van der Waals surface area contributed by atoms with Crippen LogP contribution in [0.1, 0.15) is 50.3 Å². The molecule has 1 atom stereocenters. The molecule has 1 unspecified atom stereocenters. The summed E-state index contributed by atoms with van der Waals surface area (Å²) in [5.74, 6) is 0.413. The SMILES string of the molecule is CCCCCOc1ccc(/C=C2\SC(=S)N(C(C(=O)OC)c3ccccc3)C2=O)cc1OCC. The van der Waals surface area contributed by atoms with Gasteiger partial charge in [0.15, 0.2) is 17.5 Å². The molecule has 0 aliphatic carbocycles. The van der Waals surface area contributed by atoms with Crippen molar-refractivity contribution < 1.29 is 23.8 Å². The number of esters is 1. The first-order valence-corrected chi connectivity index (χ1v) is 12.5. The van der Waals surface area contributed by atoms with E-state index in [0.29, 0.717) is 39.5 Å². The summed E-state index contributed by atoms with van der Waals surface area (Å²) in [5, 5.41) is 0. The van der Waals surface area contributed by atoms with Crippen molar-refractivity contribution in [1.29, 1.82) is 0 Å². The van der Waals surface area contributed by atoms with Gasteiger partial charge in [0.25, 0.3) is 5.91 Å². The van der Waals surface area contributed by atoms with Crippen LogP contribution < -0.4 is 9.47 Å². The Balaban J connectivity index is 1.86. The number of hydrogen-bond donors (Lipinski definition) is 0. The first-order chi connectivity index (χ1) is 16.5. The van der Waals surface area contributed by atoms with Crippen LogP contribution in [0.3, 0.4) is 0 Å². The lowest BCUT2D eigenvalue weighted by Crippen LogP contribution is -2.37. The number of rotatable bonds is 11. The number of benzene rings is 2. The molecule has 2 aromatic carbocycles. The second-order valence-corrected chi connectivity index (χ2v) is 9.26. The van der Waals surface area contributed by atoms with Crippen molar-refractivity contribution in [3.63, 3.8) is 0 Å². The van der Waals surface area contributed by atoms with E-state index in [-0.39, 0.29) is 5.91 Å². The van der Waals surface area contributed by atoms with Gasteiger partial charge in [-0.05, 0) is 42.7 Å². The van der Waals surface area contributed by atoms with E-state index in [9.17, 15) is 9.59 Å². The molecule has 2 aromatic rings. The third kappa shape index (κ3) is 6.18. The standard InChI is InChI=1S/C26H29NO5S2/c1-4-6-10-15-32-20-14-13-18(16-21(20)31-5-2)17-22-24(28)27(26(33)34-22)23(25(29)30-3)19-11-8-7-9-12-19/h7-9,11-14,16-17,23H,4-6,10,15H2,1-3H3/b22-17-. The van der Waals surface area contributed by atoms with E-state index in [1.807, 2.05) is 31.2 Å². The maximum absolute atomic E-state index is 13.3. The molecule has 3 rings (SSSR count). The van der Waals surface area contributed by atoms with Gasteiger partial charge in [0, 0.05) is 0 Å². The summed E-state index contributed by atoms with van der Waals surface area (Å²) in [6.45, 7) is 5.18. The summed E-state index contributed by atoms with van der Waals surface area (Å²) in [4.78, 5) is 27.7. The van der Waals surface area contributed by atoms with Crippen LogP contribution in [0.25, 0.3) is 6.08 Å². The molecule has 1 heterocycles. The number of methoxy groups -OCH3 is 1. The monoisotopic (exact) mass is 499 g/mol. The van der Waals surface area contributed by atoms with Crippen LogP contribution in [-0.4, -0.2) is 41.4 Å². The van der Waals surface area contributed by atoms with Crippen LogP contribution in [0, 0.1) is 0 Å². The van der Waals surface area contributed by atoms with Crippen molar-refractivity contribution in [3.8, 4) is 11.5 Å². The Kier molecular flexibility index (Phi) is 9.53. The second-order valence-electron chi connectivity index (χ2n) is 7.58. The fourth-order valence-corrected chi connectivity index (χ4v) is 4.84. The Morgan fingerprint density at radius 3 is 2.53 bits per heavy atom. The lowest BCUT2D eigenvalue weighted by molar-refractivity contribution is -0.148. The van der Waals surface area contributed by atoms with Crippen molar-refractivity contribution >= 4 is 46.3 Å².